The summed E-state index contributed by atoms with van der Waals surface area (Å²) in [6.07, 6.45) is -0.670. The average Bonchev–Trinajstić information content (AvgIpc) is 2.92. The summed E-state index contributed by atoms with van der Waals surface area (Å²) in [5.41, 5.74) is 1.79. The molecule has 130 valence electrons. The van der Waals surface area contributed by atoms with E-state index in [1.54, 1.807) is 48.5 Å². The van der Waals surface area contributed by atoms with Gasteiger partial charge in [0.25, 0.3) is 5.91 Å². The molecule has 6 heteroatoms. The van der Waals surface area contributed by atoms with Crippen molar-refractivity contribution in [3.05, 3.63) is 94.5 Å². The zero-order valence-electron chi connectivity index (χ0n) is 13.4. The summed E-state index contributed by atoms with van der Waals surface area (Å²) in [5.74, 6) is -1.39. The number of amides is 1. The van der Waals surface area contributed by atoms with Gasteiger partial charge in [0.15, 0.2) is 0 Å². The highest BCUT2D eigenvalue weighted by Gasteiger charge is 2.37. The van der Waals surface area contributed by atoms with Crippen LogP contribution in [0.5, 0.6) is 0 Å². The summed E-state index contributed by atoms with van der Waals surface area (Å²) in [7, 11) is 0. The third-order valence-corrected chi connectivity index (χ3v) is 4.54. The van der Waals surface area contributed by atoms with Crippen molar-refractivity contribution in [3.63, 3.8) is 0 Å². The van der Waals surface area contributed by atoms with E-state index in [4.69, 9.17) is 11.6 Å². The number of rotatable bonds is 3. The van der Waals surface area contributed by atoms with E-state index in [1.165, 1.54) is 4.90 Å². The van der Waals surface area contributed by atoms with Crippen LogP contribution >= 0.6 is 11.6 Å². The van der Waals surface area contributed by atoms with Crippen LogP contribution in [-0.4, -0.2) is 5.91 Å². The SMILES string of the molecule is O=C1c2ccccc2[C@H](Nc2cc(F)ccc2F)N1c1ccc(Cl)cc1. The Morgan fingerprint density at radius 2 is 1.69 bits per heavy atom. The summed E-state index contributed by atoms with van der Waals surface area (Å²) < 4.78 is 27.7. The maximum absolute atomic E-state index is 14.1. The minimum absolute atomic E-state index is 0.0153. The topological polar surface area (TPSA) is 32.3 Å². The number of nitrogens with one attached hydrogen (secondary N) is 1. The molecule has 4 rings (SSSR count). The first-order chi connectivity index (χ1) is 12.5. The zero-order chi connectivity index (χ0) is 18.3. The van der Waals surface area contributed by atoms with Crippen molar-refractivity contribution in [1.82, 2.24) is 0 Å². The maximum atomic E-state index is 14.1. The second kappa shape index (κ2) is 6.42. The number of hydrogen-bond acceptors (Lipinski definition) is 2. The highest BCUT2D eigenvalue weighted by atomic mass is 35.5. The number of benzene rings is 3. The molecule has 0 saturated carbocycles. The van der Waals surface area contributed by atoms with Crippen LogP contribution in [0.2, 0.25) is 5.02 Å². The van der Waals surface area contributed by atoms with Crippen LogP contribution < -0.4 is 10.2 Å². The fourth-order valence-electron chi connectivity index (χ4n) is 3.08. The molecule has 1 amide bonds. The Labute approximate surface area is 153 Å². The van der Waals surface area contributed by atoms with Gasteiger partial charge in [0.2, 0.25) is 0 Å². The van der Waals surface area contributed by atoms with Gasteiger partial charge in [0, 0.05) is 27.9 Å². The maximum Gasteiger partial charge on any atom is 0.260 e. The van der Waals surface area contributed by atoms with Gasteiger partial charge in [-0.05, 0) is 42.5 Å². The van der Waals surface area contributed by atoms with Crippen molar-refractivity contribution < 1.29 is 13.6 Å². The molecule has 3 aromatic rings. The first-order valence-corrected chi connectivity index (χ1v) is 8.32. The van der Waals surface area contributed by atoms with Gasteiger partial charge < -0.3 is 5.32 Å². The molecule has 1 aliphatic rings. The second-order valence-electron chi connectivity index (χ2n) is 5.91. The predicted octanol–water partition coefficient (Wildman–Crippen LogP) is 5.39. The lowest BCUT2D eigenvalue weighted by Crippen LogP contribution is -2.32. The molecule has 0 fully saturated rings. The third kappa shape index (κ3) is 2.80. The summed E-state index contributed by atoms with van der Waals surface area (Å²) >= 11 is 5.94. The van der Waals surface area contributed by atoms with Crippen LogP contribution in [0.1, 0.15) is 22.1 Å². The third-order valence-electron chi connectivity index (χ3n) is 4.29. The number of nitrogens with zero attached hydrogens (tertiary/aromatic N) is 1. The molecule has 0 aliphatic carbocycles. The molecule has 1 aliphatic heterocycles. The van der Waals surface area contributed by atoms with Gasteiger partial charge in [-0.15, -0.1) is 0 Å². The van der Waals surface area contributed by atoms with Crippen molar-refractivity contribution in [1.29, 1.82) is 0 Å². The Balaban J connectivity index is 1.80. The van der Waals surface area contributed by atoms with Gasteiger partial charge in [0.05, 0.1) is 5.69 Å². The number of fused-ring (bicyclic) bond motifs is 1. The lowest BCUT2D eigenvalue weighted by atomic mass is 10.1. The Kier molecular flexibility index (Phi) is 4.09. The molecule has 1 atom stereocenters. The van der Waals surface area contributed by atoms with E-state index in [9.17, 15) is 13.6 Å². The number of hydrogen-bond donors (Lipinski definition) is 1. The normalized spacial score (nSPS) is 15.9. The molecule has 0 aromatic heterocycles. The summed E-state index contributed by atoms with van der Waals surface area (Å²) in [6.45, 7) is 0. The monoisotopic (exact) mass is 370 g/mol. The van der Waals surface area contributed by atoms with E-state index in [-0.39, 0.29) is 11.6 Å². The summed E-state index contributed by atoms with van der Waals surface area (Å²) in [4.78, 5) is 14.4. The van der Waals surface area contributed by atoms with Gasteiger partial charge in [-0.1, -0.05) is 29.8 Å². The van der Waals surface area contributed by atoms with Crippen molar-refractivity contribution in [3.8, 4) is 0 Å². The second-order valence-corrected chi connectivity index (χ2v) is 6.35. The first-order valence-electron chi connectivity index (χ1n) is 7.94. The molecule has 1 heterocycles. The molecule has 26 heavy (non-hydrogen) atoms. The van der Waals surface area contributed by atoms with E-state index in [1.807, 2.05) is 0 Å². The van der Waals surface area contributed by atoms with Crippen molar-refractivity contribution in [2.45, 2.75) is 6.17 Å². The van der Waals surface area contributed by atoms with Crippen LogP contribution in [-0.2, 0) is 0 Å². The van der Waals surface area contributed by atoms with Crippen molar-refractivity contribution in [2.24, 2.45) is 0 Å². The van der Waals surface area contributed by atoms with E-state index in [0.29, 0.717) is 21.8 Å². The molecule has 3 nitrogen and oxygen atoms in total. The zero-order valence-corrected chi connectivity index (χ0v) is 14.2. The van der Waals surface area contributed by atoms with E-state index < -0.39 is 17.8 Å². The summed E-state index contributed by atoms with van der Waals surface area (Å²) in [6, 6.07) is 17.0. The van der Waals surface area contributed by atoms with Gasteiger partial charge in [-0.2, -0.15) is 0 Å². The molecule has 0 saturated heterocycles. The number of carbonyl (C=O) groups is 1. The molecule has 0 radical (unpaired) electrons. The van der Waals surface area contributed by atoms with Gasteiger partial charge in [-0.3, -0.25) is 9.69 Å². The molecule has 3 aromatic carbocycles. The van der Waals surface area contributed by atoms with E-state index in [2.05, 4.69) is 5.32 Å². The Morgan fingerprint density at radius 3 is 2.46 bits per heavy atom. The summed E-state index contributed by atoms with van der Waals surface area (Å²) in [5, 5.41) is 3.50. The molecule has 0 unspecified atom stereocenters. The molecule has 0 spiro atoms. The van der Waals surface area contributed by atoms with Crippen LogP contribution in [0, 0.1) is 11.6 Å². The van der Waals surface area contributed by atoms with Crippen molar-refractivity contribution >= 4 is 28.9 Å². The standard InChI is InChI=1S/C20H13ClF2N2O/c21-12-5-8-14(9-6-12)25-19(15-3-1-2-4-16(15)20(25)26)24-18-11-13(22)7-10-17(18)23/h1-11,19,24H/t19-/m1/s1. The largest absolute Gasteiger partial charge is 0.359 e. The van der Waals surface area contributed by atoms with Gasteiger partial charge in [0.1, 0.15) is 17.8 Å². The van der Waals surface area contributed by atoms with Crippen LogP contribution in [0.3, 0.4) is 0 Å². The lowest BCUT2D eigenvalue weighted by Gasteiger charge is -2.27. The Hall–Kier alpha value is -2.92. The Bertz CT molecular complexity index is 991. The van der Waals surface area contributed by atoms with Crippen LogP contribution in [0.25, 0.3) is 0 Å². The number of carbonyl (C=O) groups excluding carboxylic acids is 1. The van der Waals surface area contributed by atoms with E-state index >= 15 is 0 Å². The fourth-order valence-corrected chi connectivity index (χ4v) is 3.21. The minimum Gasteiger partial charge on any atom is -0.359 e. The van der Waals surface area contributed by atoms with Gasteiger partial charge >= 0.3 is 0 Å². The minimum atomic E-state index is -0.670. The molecule has 1 N–H and O–H groups in total. The van der Waals surface area contributed by atoms with Crippen molar-refractivity contribution in [2.75, 3.05) is 10.2 Å². The molecular formula is C20H13ClF2N2O. The van der Waals surface area contributed by atoms with E-state index in [0.717, 1.165) is 18.2 Å². The van der Waals surface area contributed by atoms with Crippen LogP contribution in [0.15, 0.2) is 66.7 Å². The first kappa shape index (κ1) is 16.5. The fraction of sp³-hybridized carbons (Fsp3) is 0.0500. The average molecular weight is 371 g/mol. The number of halogens is 3. The lowest BCUT2D eigenvalue weighted by molar-refractivity contribution is 0.0993. The molecule has 0 bridgehead atoms. The Morgan fingerprint density at radius 1 is 0.962 bits per heavy atom. The highest BCUT2D eigenvalue weighted by Crippen LogP contribution is 2.38. The molecular weight excluding hydrogens is 358 g/mol. The quantitative estimate of drug-likeness (QED) is 0.670. The smallest absolute Gasteiger partial charge is 0.260 e. The number of anilines is 2. The van der Waals surface area contributed by atoms with Gasteiger partial charge in [-0.25, -0.2) is 8.78 Å². The highest BCUT2D eigenvalue weighted by molar-refractivity contribution is 6.30. The van der Waals surface area contributed by atoms with Crippen LogP contribution in [0.4, 0.5) is 20.2 Å². The predicted molar refractivity (Wildman–Crippen MR) is 97.4 cm³/mol.